The first kappa shape index (κ1) is 18.1. The fourth-order valence-corrected chi connectivity index (χ4v) is 2.65. The molecule has 140 valence electrons. The summed E-state index contributed by atoms with van der Waals surface area (Å²) < 4.78 is 57.4. The summed E-state index contributed by atoms with van der Waals surface area (Å²) in [6.07, 6.45) is -4.14. The molecule has 1 atom stereocenters. The first-order valence-electron chi connectivity index (χ1n) is 7.64. The van der Waals surface area contributed by atoms with E-state index in [2.05, 4.69) is 10.1 Å². The summed E-state index contributed by atoms with van der Waals surface area (Å²) in [7, 11) is 0. The first-order chi connectivity index (χ1) is 12.4. The molecular weight excluding hydrogens is 360 g/mol. The van der Waals surface area contributed by atoms with Crippen LogP contribution in [0.1, 0.15) is 10.5 Å². The van der Waals surface area contributed by atoms with E-state index < -0.39 is 24.5 Å². The Morgan fingerprint density at radius 3 is 2.42 bits per heavy atom. The lowest BCUT2D eigenvalue weighted by Crippen LogP contribution is -2.51. The van der Waals surface area contributed by atoms with Gasteiger partial charge in [-0.05, 0) is 6.07 Å². The maximum Gasteiger partial charge on any atom is 0.358 e. The molecule has 0 bridgehead atoms. The zero-order valence-electron chi connectivity index (χ0n) is 13.3. The molecule has 0 spiro atoms. The highest BCUT2D eigenvalue weighted by Crippen LogP contribution is 2.26. The summed E-state index contributed by atoms with van der Waals surface area (Å²) in [5, 5.41) is 12.1. The topological polar surface area (TPSA) is 82.7 Å². The van der Waals surface area contributed by atoms with Crippen molar-refractivity contribution in [2.45, 2.75) is 12.7 Å². The number of rotatable bonds is 5. The molecule has 1 aliphatic heterocycles. The summed E-state index contributed by atoms with van der Waals surface area (Å²) >= 11 is 0. The van der Waals surface area contributed by atoms with Crippen LogP contribution in [-0.4, -0.2) is 65.0 Å². The van der Waals surface area contributed by atoms with Gasteiger partial charge in [0.15, 0.2) is 23.1 Å². The molecule has 7 nitrogen and oxygen atoms in total. The molecule has 0 radical (unpaired) electrons. The molecule has 1 fully saturated rings. The number of halogens is 4. The Hall–Kier alpha value is -2.69. The quantitative estimate of drug-likeness (QED) is 0.635. The van der Waals surface area contributed by atoms with E-state index in [1.807, 2.05) is 0 Å². The van der Waals surface area contributed by atoms with Crippen LogP contribution in [0, 0.1) is 5.82 Å². The lowest BCUT2D eigenvalue weighted by Gasteiger charge is -2.36. The van der Waals surface area contributed by atoms with Crippen molar-refractivity contribution in [3.8, 4) is 11.3 Å². The van der Waals surface area contributed by atoms with Gasteiger partial charge in [0.25, 0.3) is 6.43 Å². The number of carboxylic acids is 1. The number of carbonyl (C=O) groups is 1. The fraction of sp³-hybridized carbons (Fsp3) is 0.400. The second-order valence-corrected chi connectivity index (χ2v) is 5.64. The summed E-state index contributed by atoms with van der Waals surface area (Å²) in [5.41, 5.74) is -0.119. The molecule has 1 saturated heterocycles. The third-order valence-electron chi connectivity index (χ3n) is 4.01. The Kier molecular flexibility index (Phi) is 5.07. The highest BCUT2D eigenvalue weighted by molar-refractivity contribution is 5.86. The number of carboxylic acid groups (broad SMARTS) is 1. The molecule has 0 amide bonds. The number of hydrogen-bond acceptors (Lipinski definition) is 6. The van der Waals surface area contributed by atoms with Gasteiger partial charge in [0.2, 0.25) is 6.30 Å². The van der Waals surface area contributed by atoms with E-state index in [-0.39, 0.29) is 49.0 Å². The van der Waals surface area contributed by atoms with Crippen LogP contribution in [0.5, 0.6) is 0 Å². The summed E-state index contributed by atoms with van der Waals surface area (Å²) in [4.78, 5) is 17.3. The van der Waals surface area contributed by atoms with Gasteiger partial charge < -0.3 is 14.5 Å². The van der Waals surface area contributed by atoms with Crippen LogP contribution in [-0.2, 0) is 0 Å². The van der Waals surface area contributed by atoms with Crippen LogP contribution in [0.4, 0.5) is 23.4 Å². The molecule has 11 heteroatoms. The van der Waals surface area contributed by atoms with Gasteiger partial charge >= 0.3 is 5.97 Å². The lowest BCUT2D eigenvalue weighted by molar-refractivity contribution is -0.0506. The molecule has 1 unspecified atom stereocenters. The van der Waals surface area contributed by atoms with Crippen molar-refractivity contribution in [3.05, 3.63) is 29.8 Å². The SMILES string of the molecule is O=C(O)c1cc(-c2cnc(N3CCN(C(F)C(F)F)CC3)c(F)c2)on1. The molecule has 26 heavy (non-hydrogen) atoms. The van der Waals surface area contributed by atoms with Gasteiger partial charge in [0, 0.05) is 44.0 Å². The summed E-state index contributed by atoms with van der Waals surface area (Å²) in [5.74, 6) is -1.94. The number of pyridine rings is 1. The van der Waals surface area contributed by atoms with Crippen molar-refractivity contribution in [3.63, 3.8) is 0 Å². The average Bonchev–Trinajstić information content (AvgIpc) is 3.11. The Morgan fingerprint density at radius 1 is 1.19 bits per heavy atom. The molecule has 1 N–H and O–H groups in total. The third kappa shape index (κ3) is 3.62. The van der Waals surface area contributed by atoms with Crippen LogP contribution in [0.2, 0.25) is 0 Å². The molecule has 1 aliphatic rings. The number of anilines is 1. The van der Waals surface area contributed by atoms with Crippen molar-refractivity contribution in [1.82, 2.24) is 15.0 Å². The van der Waals surface area contributed by atoms with Gasteiger partial charge in [-0.2, -0.15) is 0 Å². The number of piperazine rings is 1. The molecule has 0 aliphatic carbocycles. The zero-order chi connectivity index (χ0) is 18.8. The van der Waals surface area contributed by atoms with Crippen LogP contribution in [0.25, 0.3) is 11.3 Å². The minimum Gasteiger partial charge on any atom is -0.476 e. The van der Waals surface area contributed by atoms with Crippen molar-refractivity contribution in [2.24, 2.45) is 0 Å². The number of aromatic nitrogens is 2. The highest BCUT2D eigenvalue weighted by atomic mass is 19.3. The van der Waals surface area contributed by atoms with Crippen LogP contribution >= 0.6 is 0 Å². The van der Waals surface area contributed by atoms with E-state index in [1.54, 1.807) is 0 Å². The lowest BCUT2D eigenvalue weighted by atomic mass is 10.2. The van der Waals surface area contributed by atoms with Gasteiger partial charge in [-0.3, -0.25) is 4.90 Å². The standard InChI is InChI=1S/C15H14F4N4O3/c16-9-5-8(11-6-10(15(24)25)21-26-11)7-20-14(9)23-3-1-22(2-4-23)13(19)12(17)18/h5-7,12-13H,1-4H2,(H,24,25). The molecule has 2 aromatic heterocycles. The van der Waals surface area contributed by atoms with Gasteiger partial charge in [-0.15, -0.1) is 0 Å². The van der Waals surface area contributed by atoms with Crippen molar-refractivity contribution in [2.75, 3.05) is 31.1 Å². The molecule has 2 aromatic rings. The summed E-state index contributed by atoms with van der Waals surface area (Å²) in [6.45, 7) is 0.306. The monoisotopic (exact) mass is 374 g/mol. The first-order valence-corrected chi connectivity index (χ1v) is 7.64. The van der Waals surface area contributed by atoms with Crippen molar-refractivity contribution in [1.29, 1.82) is 0 Å². The number of alkyl halides is 3. The molecule has 0 saturated carbocycles. The second-order valence-electron chi connectivity index (χ2n) is 5.64. The van der Waals surface area contributed by atoms with Crippen LogP contribution in [0.3, 0.4) is 0 Å². The van der Waals surface area contributed by atoms with E-state index in [9.17, 15) is 22.4 Å². The van der Waals surface area contributed by atoms with Crippen LogP contribution in [0.15, 0.2) is 22.9 Å². The average molecular weight is 374 g/mol. The predicted molar refractivity (Wildman–Crippen MR) is 81.3 cm³/mol. The minimum absolute atomic E-state index is 0.00108. The van der Waals surface area contributed by atoms with E-state index in [4.69, 9.17) is 9.63 Å². The number of aromatic carboxylic acids is 1. The number of hydrogen-bond donors (Lipinski definition) is 1. The maximum atomic E-state index is 14.4. The van der Waals surface area contributed by atoms with Gasteiger partial charge in [-0.25, -0.2) is 27.3 Å². The fourth-order valence-electron chi connectivity index (χ4n) is 2.65. The second kappa shape index (κ2) is 7.28. The highest BCUT2D eigenvalue weighted by Gasteiger charge is 2.31. The predicted octanol–water partition coefficient (Wildman–Crippen LogP) is 2.26. The van der Waals surface area contributed by atoms with E-state index in [1.165, 1.54) is 11.1 Å². The van der Waals surface area contributed by atoms with E-state index in [0.29, 0.717) is 0 Å². The molecular formula is C15H14F4N4O3. The molecule has 3 rings (SSSR count). The normalized spacial score (nSPS) is 16.9. The smallest absolute Gasteiger partial charge is 0.358 e. The Balaban J connectivity index is 1.71. The molecule has 3 heterocycles. The van der Waals surface area contributed by atoms with E-state index in [0.717, 1.165) is 17.0 Å². The Bertz CT molecular complexity index is 793. The maximum absolute atomic E-state index is 14.4. The molecule has 0 aromatic carbocycles. The minimum atomic E-state index is -3.09. The van der Waals surface area contributed by atoms with Gasteiger partial charge in [0.1, 0.15) is 0 Å². The third-order valence-corrected chi connectivity index (χ3v) is 4.01. The van der Waals surface area contributed by atoms with E-state index >= 15 is 0 Å². The van der Waals surface area contributed by atoms with Gasteiger partial charge in [-0.1, -0.05) is 5.16 Å². The Labute approximate surface area is 144 Å². The van der Waals surface area contributed by atoms with Gasteiger partial charge in [0.05, 0.1) is 0 Å². The van der Waals surface area contributed by atoms with Crippen molar-refractivity contribution >= 4 is 11.8 Å². The number of nitrogens with zero attached hydrogens (tertiary/aromatic N) is 4. The van der Waals surface area contributed by atoms with Crippen molar-refractivity contribution < 1.29 is 32.0 Å². The Morgan fingerprint density at radius 2 is 1.88 bits per heavy atom. The largest absolute Gasteiger partial charge is 0.476 e. The summed E-state index contributed by atoms with van der Waals surface area (Å²) in [6, 6.07) is 2.25. The zero-order valence-corrected chi connectivity index (χ0v) is 13.3. The van der Waals surface area contributed by atoms with Crippen LogP contribution < -0.4 is 4.90 Å².